The highest BCUT2D eigenvalue weighted by molar-refractivity contribution is 5.91. The lowest BCUT2D eigenvalue weighted by Crippen LogP contribution is -2.46. The monoisotopic (exact) mass is 394 g/mol. The van der Waals surface area contributed by atoms with E-state index in [0.717, 1.165) is 16.7 Å². The van der Waals surface area contributed by atoms with Crippen LogP contribution in [-0.4, -0.2) is 40.4 Å². The molecule has 0 saturated carbocycles. The zero-order valence-corrected chi connectivity index (χ0v) is 16.5. The Hall–Kier alpha value is -3.15. The number of carboxylic acids is 1. The van der Waals surface area contributed by atoms with Crippen molar-refractivity contribution in [1.82, 2.24) is 10.2 Å². The summed E-state index contributed by atoms with van der Waals surface area (Å²) in [5.74, 6) is -2.01. The summed E-state index contributed by atoms with van der Waals surface area (Å²) in [4.78, 5) is 38.2. The maximum Gasteiger partial charge on any atom is 0.308 e. The van der Waals surface area contributed by atoms with Gasteiger partial charge in [-0.2, -0.15) is 0 Å². The van der Waals surface area contributed by atoms with E-state index in [0.29, 0.717) is 25.8 Å². The van der Waals surface area contributed by atoms with Crippen molar-refractivity contribution in [2.24, 2.45) is 5.92 Å². The number of amides is 2. The fraction of sp³-hybridized carbons (Fsp3) is 0.348. The van der Waals surface area contributed by atoms with Gasteiger partial charge >= 0.3 is 5.97 Å². The Bertz CT molecular complexity index is 864. The van der Waals surface area contributed by atoms with E-state index < -0.39 is 17.9 Å². The third-order valence-electron chi connectivity index (χ3n) is 5.30. The Balaban J connectivity index is 1.61. The normalized spacial score (nSPS) is 17.2. The first-order valence-electron chi connectivity index (χ1n) is 9.83. The van der Waals surface area contributed by atoms with Gasteiger partial charge in [0.05, 0.1) is 5.92 Å². The second-order valence-corrected chi connectivity index (χ2v) is 7.53. The van der Waals surface area contributed by atoms with E-state index in [2.05, 4.69) is 5.32 Å². The molecule has 2 aromatic rings. The van der Waals surface area contributed by atoms with Crippen molar-refractivity contribution >= 4 is 17.8 Å². The highest BCUT2D eigenvalue weighted by Crippen LogP contribution is 2.22. The highest BCUT2D eigenvalue weighted by atomic mass is 16.4. The number of nitrogens with zero attached hydrogens (tertiary/aromatic N) is 1. The molecule has 0 aromatic heterocycles. The smallest absolute Gasteiger partial charge is 0.308 e. The second-order valence-electron chi connectivity index (χ2n) is 7.53. The highest BCUT2D eigenvalue weighted by Gasteiger charge is 2.36. The van der Waals surface area contributed by atoms with Gasteiger partial charge in [-0.3, -0.25) is 14.4 Å². The Labute approximate surface area is 170 Å². The van der Waals surface area contributed by atoms with Crippen LogP contribution in [0.3, 0.4) is 0 Å². The molecule has 2 amide bonds. The van der Waals surface area contributed by atoms with Crippen LogP contribution in [0.5, 0.6) is 0 Å². The molecule has 1 saturated heterocycles. The van der Waals surface area contributed by atoms with Gasteiger partial charge < -0.3 is 15.3 Å². The number of benzene rings is 2. The summed E-state index contributed by atoms with van der Waals surface area (Å²) < 4.78 is 0. The standard InChI is InChI=1S/C23H26N2O4/c1-16-7-9-18(10-8-16)15-25-20(11-12-21(25)26)22(27)24-14-19(23(28)29)13-17-5-3-2-4-6-17/h2-10,19-20H,11-15H2,1H3,(H,24,27)(H,28,29)/t19-,20+/m1/s1. The van der Waals surface area contributed by atoms with Crippen molar-refractivity contribution in [3.8, 4) is 0 Å². The van der Waals surface area contributed by atoms with Crippen molar-refractivity contribution in [3.63, 3.8) is 0 Å². The van der Waals surface area contributed by atoms with Crippen LogP contribution >= 0.6 is 0 Å². The first-order valence-corrected chi connectivity index (χ1v) is 9.83. The van der Waals surface area contributed by atoms with Gasteiger partial charge in [0.2, 0.25) is 11.8 Å². The third-order valence-corrected chi connectivity index (χ3v) is 5.30. The molecule has 0 bridgehead atoms. The molecule has 2 N–H and O–H groups in total. The quantitative estimate of drug-likeness (QED) is 0.720. The van der Waals surface area contributed by atoms with Crippen LogP contribution in [0.4, 0.5) is 0 Å². The van der Waals surface area contributed by atoms with Crippen LogP contribution in [0.1, 0.15) is 29.5 Å². The fourth-order valence-electron chi connectivity index (χ4n) is 3.58. The van der Waals surface area contributed by atoms with Gasteiger partial charge in [-0.1, -0.05) is 60.2 Å². The second kappa shape index (κ2) is 9.37. The SMILES string of the molecule is Cc1ccc(CN2C(=O)CC[C@H]2C(=O)NC[C@@H](Cc2ccccc2)C(=O)O)cc1. The maximum absolute atomic E-state index is 12.7. The summed E-state index contributed by atoms with van der Waals surface area (Å²) in [6.45, 7) is 2.41. The van der Waals surface area contributed by atoms with Crippen LogP contribution < -0.4 is 5.32 Å². The van der Waals surface area contributed by atoms with E-state index in [1.807, 2.05) is 61.5 Å². The lowest BCUT2D eigenvalue weighted by Gasteiger charge is -2.25. The van der Waals surface area contributed by atoms with E-state index in [4.69, 9.17) is 0 Å². The van der Waals surface area contributed by atoms with E-state index in [-0.39, 0.29) is 18.4 Å². The lowest BCUT2D eigenvalue weighted by atomic mass is 9.99. The third kappa shape index (κ3) is 5.44. The Kier molecular flexibility index (Phi) is 6.65. The summed E-state index contributed by atoms with van der Waals surface area (Å²) in [5, 5.41) is 12.3. The summed E-state index contributed by atoms with van der Waals surface area (Å²) in [6, 6.07) is 16.6. The van der Waals surface area contributed by atoms with E-state index in [1.165, 1.54) is 0 Å². The number of aryl methyl sites for hydroxylation is 1. The first-order chi connectivity index (χ1) is 13.9. The predicted molar refractivity (Wildman–Crippen MR) is 109 cm³/mol. The van der Waals surface area contributed by atoms with Crippen molar-refractivity contribution in [1.29, 1.82) is 0 Å². The average molecular weight is 394 g/mol. The van der Waals surface area contributed by atoms with Crippen molar-refractivity contribution in [2.45, 2.75) is 38.8 Å². The molecule has 0 radical (unpaired) electrons. The molecule has 1 fully saturated rings. The van der Waals surface area contributed by atoms with E-state index >= 15 is 0 Å². The number of aliphatic carboxylic acids is 1. The van der Waals surface area contributed by atoms with Gasteiger partial charge in [0.15, 0.2) is 0 Å². The van der Waals surface area contributed by atoms with E-state index in [1.54, 1.807) is 4.90 Å². The number of likely N-dealkylation sites (tertiary alicyclic amines) is 1. The number of carboxylic acid groups (broad SMARTS) is 1. The van der Waals surface area contributed by atoms with Gasteiger partial charge in [0.1, 0.15) is 6.04 Å². The molecule has 0 aliphatic carbocycles. The maximum atomic E-state index is 12.7. The molecular weight excluding hydrogens is 368 g/mol. The molecular formula is C23H26N2O4. The van der Waals surface area contributed by atoms with Gasteiger partial charge in [-0.05, 0) is 30.9 Å². The minimum atomic E-state index is -0.951. The number of hydrogen-bond donors (Lipinski definition) is 2. The summed E-state index contributed by atoms with van der Waals surface area (Å²) in [5.41, 5.74) is 3.01. The van der Waals surface area contributed by atoms with Crippen molar-refractivity contribution < 1.29 is 19.5 Å². The molecule has 6 nitrogen and oxygen atoms in total. The molecule has 1 aliphatic heterocycles. The van der Waals surface area contributed by atoms with Gasteiger partial charge in [-0.15, -0.1) is 0 Å². The summed E-state index contributed by atoms with van der Waals surface area (Å²) in [7, 11) is 0. The molecule has 1 aliphatic rings. The molecule has 0 unspecified atom stereocenters. The molecule has 2 atom stereocenters. The lowest BCUT2D eigenvalue weighted by molar-refractivity contribution is -0.142. The van der Waals surface area contributed by atoms with Crippen molar-refractivity contribution in [3.05, 3.63) is 71.3 Å². The summed E-state index contributed by atoms with van der Waals surface area (Å²) in [6.07, 6.45) is 1.12. The number of hydrogen-bond acceptors (Lipinski definition) is 3. The van der Waals surface area contributed by atoms with E-state index in [9.17, 15) is 19.5 Å². The zero-order valence-electron chi connectivity index (χ0n) is 16.5. The van der Waals surface area contributed by atoms with Crippen LogP contribution in [0.2, 0.25) is 0 Å². The largest absolute Gasteiger partial charge is 0.481 e. The van der Waals surface area contributed by atoms with Crippen LogP contribution in [0.25, 0.3) is 0 Å². The molecule has 6 heteroatoms. The fourth-order valence-corrected chi connectivity index (χ4v) is 3.58. The summed E-state index contributed by atoms with van der Waals surface area (Å²) >= 11 is 0. The first kappa shape index (κ1) is 20.6. The van der Waals surface area contributed by atoms with Crippen LogP contribution in [-0.2, 0) is 27.3 Å². The molecule has 1 heterocycles. The Morgan fingerprint density at radius 3 is 2.45 bits per heavy atom. The molecule has 0 spiro atoms. The number of carbonyl (C=O) groups is 3. The molecule has 29 heavy (non-hydrogen) atoms. The molecule has 2 aromatic carbocycles. The number of carbonyl (C=O) groups excluding carboxylic acids is 2. The predicted octanol–water partition coefficient (Wildman–Crippen LogP) is 2.55. The van der Waals surface area contributed by atoms with Gasteiger partial charge in [0.25, 0.3) is 0 Å². The minimum Gasteiger partial charge on any atom is -0.481 e. The Morgan fingerprint density at radius 1 is 1.10 bits per heavy atom. The molecule has 152 valence electrons. The van der Waals surface area contributed by atoms with Gasteiger partial charge in [-0.25, -0.2) is 0 Å². The minimum absolute atomic E-state index is 0.0339. The topological polar surface area (TPSA) is 86.7 Å². The van der Waals surface area contributed by atoms with Crippen molar-refractivity contribution in [2.75, 3.05) is 6.54 Å². The zero-order chi connectivity index (χ0) is 20.8. The number of nitrogens with one attached hydrogen (secondary N) is 1. The van der Waals surface area contributed by atoms with Crippen LogP contribution in [0.15, 0.2) is 54.6 Å². The average Bonchev–Trinajstić information content (AvgIpc) is 3.07. The number of rotatable bonds is 8. The van der Waals surface area contributed by atoms with Crippen LogP contribution in [0, 0.1) is 12.8 Å². The molecule has 3 rings (SSSR count). The van der Waals surface area contributed by atoms with Gasteiger partial charge in [0, 0.05) is 19.5 Å². The Morgan fingerprint density at radius 2 is 1.79 bits per heavy atom.